The number of anilines is 2. The fraction of sp³-hybridized carbons (Fsp3) is 0.0769. The Labute approximate surface area is 216 Å². The highest BCUT2D eigenvalue weighted by atomic mass is 35.5. The van der Waals surface area contributed by atoms with Gasteiger partial charge >= 0.3 is 0 Å². The Hall–Kier alpha value is -4.01. The predicted octanol–water partition coefficient (Wildman–Crippen LogP) is 5.05. The smallest absolute Gasteiger partial charge is 0.300 e. The number of hydrogen-bond acceptors (Lipinski definition) is 4. The van der Waals surface area contributed by atoms with Crippen LogP contribution in [0.25, 0.3) is 11.3 Å². The maximum Gasteiger partial charge on any atom is 0.300 e. The van der Waals surface area contributed by atoms with Crippen LogP contribution >= 0.6 is 24.0 Å². The number of nitrogens with zero attached hydrogens (tertiary/aromatic N) is 3. The van der Waals surface area contributed by atoms with Crippen LogP contribution in [0.15, 0.2) is 79.3 Å². The van der Waals surface area contributed by atoms with Crippen molar-refractivity contribution in [2.75, 3.05) is 16.3 Å². The minimum absolute atomic E-state index is 0. The number of amides is 2. The molecule has 0 radical (unpaired) electrons. The van der Waals surface area contributed by atoms with Crippen molar-refractivity contribution in [1.82, 2.24) is 9.97 Å². The average molecular weight is 525 g/mol. The third kappa shape index (κ3) is 4.73. The van der Waals surface area contributed by atoms with Gasteiger partial charge in [-0.25, -0.2) is 9.37 Å². The first-order chi connectivity index (χ1) is 16.9. The number of H-pyrrole nitrogens is 1. The second-order valence-electron chi connectivity index (χ2n) is 7.97. The van der Waals surface area contributed by atoms with Crippen LogP contribution in [0.3, 0.4) is 0 Å². The number of imidazole rings is 1. The molecule has 2 heterocycles. The molecule has 5 rings (SSSR count). The molecule has 0 fully saturated rings. The molecule has 0 saturated carbocycles. The fourth-order valence-electron chi connectivity index (χ4n) is 4.06. The molecule has 0 unspecified atom stereocenters. The number of fused-ring (bicyclic) bond motifs is 1. The topological polar surface area (TPSA) is 86.4 Å². The van der Waals surface area contributed by atoms with Gasteiger partial charge in [0.25, 0.3) is 11.7 Å². The summed E-state index contributed by atoms with van der Waals surface area (Å²) in [5.74, 6) is -3.00. The van der Waals surface area contributed by atoms with Gasteiger partial charge < -0.3 is 9.88 Å². The lowest BCUT2D eigenvalue weighted by Crippen LogP contribution is -2.42. The zero-order valence-corrected chi connectivity index (χ0v) is 20.2. The molecule has 1 aliphatic heterocycles. The Morgan fingerprint density at radius 1 is 1.06 bits per heavy atom. The van der Waals surface area contributed by atoms with E-state index >= 15 is 0 Å². The molecule has 36 heavy (non-hydrogen) atoms. The van der Waals surface area contributed by atoms with Gasteiger partial charge in [0, 0.05) is 22.5 Å². The number of hydrogen-bond donors (Lipinski definition) is 1. The maximum atomic E-state index is 14.5. The van der Waals surface area contributed by atoms with E-state index < -0.39 is 30.0 Å². The summed E-state index contributed by atoms with van der Waals surface area (Å²) in [6.07, 6.45) is 3.33. The van der Waals surface area contributed by atoms with Gasteiger partial charge in [-0.15, -0.1) is 12.4 Å². The number of rotatable bonds is 6. The number of carbonyl (C=O) groups is 3. The third-order valence-electron chi connectivity index (χ3n) is 5.74. The summed E-state index contributed by atoms with van der Waals surface area (Å²) < 4.78 is 14.5. The Morgan fingerprint density at radius 3 is 2.50 bits per heavy atom. The molecule has 1 N–H and O–H groups in total. The number of ketones is 1. The number of para-hydroxylation sites is 1. The van der Waals surface area contributed by atoms with E-state index in [9.17, 15) is 18.8 Å². The molecule has 0 aliphatic carbocycles. The molecular formula is C26H19Cl2FN4O3. The van der Waals surface area contributed by atoms with E-state index in [1.807, 2.05) is 18.2 Å². The molecular weight excluding hydrogens is 506 g/mol. The second-order valence-corrected chi connectivity index (χ2v) is 8.40. The summed E-state index contributed by atoms with van der Waals surface area (Å²) in [6.45, 7) is -0.346. The first-order valence-electron chi connectivity index (χ1n) is 10.7. The van der Waals surface area contributed by atoms with Crippen LogP contribution in [-0.4, -0.2) is 34.1 Å². The summed E-state index contributed by atoms with van der Waals surface area (Å²) in [5.41, 5.74) is 2.69. The van der Waals surface area contributed by atoms with Crippen LogP contribution in [0.2, 0.25) is 5.02 Å². The number of aromatic nitrogens is 2. The molecule has 0 spiro atoms. The van der Waals surface area contributed by atoms with Gasteiger partial charge in [0.1, 0.15) is 12.4 Å². The van der Waals surface area contributed by atoms with Gasteiger partial charge in [0.05, 0.1) is 29.8 Å². The first kappa shape index (κ1) is 25.1. The van der Waals surface area contributed by atoms with E-state index in [1.165, 1.54) is 17.0 Å². The summed E-state index contributed by atoms with van der Waals surface area (Å²) in [4.78, 5) is 48.0. The average Bonchev–Trinajstić information content (AvgIpc) is 3.47. The van der Waals surface area contributed by atoms with Crippen molar-refractivity contribution in [2.24, 2.45) is 0 Å². The molecule has 0 bridgehead atoms. The van der Waals surface area contributed by atoms with Crippen molar-refractivity contribution in [3.05, 3.63) is 101 Å². The second kappa shape index (κ2) is 10.3. The Bertz CT molecular complexity index is 1440. The van der Waals surface area contributed by atoms with Gasteiger partial charge in [0.2, 0.25) is 5.91 Å². The third-order valence-corrected chi connectivity index (χ3v) is 5.97. The highest BCUT2D eigenvalue weighted by Crippen LogP contribution is 2.32. The summed E-state index contributed by atoms with van der Waals surface area (Å²) >= 11 is 6.13. The largest absolute Gasteiger partial charge is 0.351 e. The molecule has 3 aromatic carbocycles. The van der Waals surface area contributed by atoms with E-state index in [2.05, 4.69) is 9.97 Å². The van der Waals surface area contributed by atoms with Gasteiger partial charge in [-0.2, -0.15) is 0 Å². The highest BCUT2D eigenvalue weighted by molar-refractivity contribution is 6.52. The zero-order valence-electron chi connectivity index (χ0n) is 18.7. The highest BCUT2D eigenvalue weighted by Gasteiger charge is 2.39. The van der Waals surface area contributed by atoms with Gasteiger partial charge in [-0.3, -0.25) is 19.3 Å². The quantitative estimate of drug-likeness (QED) is 0.357. The number of Topliss-reactive ketones (excluding diaryl/α,β-unsaturated/α-hetero) is 1. The molecule has 1 aromatic heterocycles. The van der Waals surface area contributed by atoms with Gasteiger partial charge in [-0.05, 0) is 42.0 Å². The van der Waals surface area contributed by atoms with E-state index in [0.29, 0.717) is 10.7 Å². The zero-order chi connectivity index (χ0) is 24.5. The van der Waals surface area contributed by atoms with Crippen LogP contribution in [0.5, 0.6) is 0 Å². The Morgan fingerprint density at radius 2 is 1.81 bits per heavy atom. The molecule has 1 aliphatic rings. The molecule has 0 atom stereocenters. The Balaban J connectivity index is 0.00000304. The normalized spacial score (nSPS) is 12.3. The van der Waals surface area contributed by atoms with Crippen LogP contribution < -0.4 is 9.80 Å². The molecule has 7 nitrogen and oxygen atoms in total. The lowest BCUT2D eigenvalue weighted by molar-refractivity contribution is -0.120. The van der Waals surface area contributed by atoms with Crippen LogP contribution in [0.4, 0.5) is 15.8 Å². The van der Waals surface area contributed by atoms with Crippen molar-refractivity contribution < 1.29 is 18.8 Å². The number of nitrogens with one attached hydrogen (secondary N) is 1. The maximum absolute atomic E-state index is 14.5. The molecule has 2 amide bonds. The molecule has 10 heteroatoms. The monoisotopic (exact) mass is 524 g/mol. The van der Waals surface area contributed by atoms with Gasteiger partial charge in [0.15, 0.2) is 0 Å². The molecule has 182 valence electrons. The Kier molecular flexibility index (Phi) is 7.19. The van der Waals surface area contributed by atoms with E-state index in [-0.39, 0.29) is 30.2 Å². The van der Waals surface area contributed by atoms with E-state index in [4.69, 9.17) is 11.6 Å². The summed E-state index contributed by atoms with van der Waals surface area (Å²) in [5, 5.41) is 0.514. The standard InChI is InChI=1S/C26H18ClFN4O3.ClH/c27-18-4-1-3-16(11-18)13-31(19-9-7-17(8-10-19)22-12-29-15-30-22)23(33)14-32-24-20(25(34)26(32)35)5-2-6-21(24)28;/h1-12,15H,13-14H2,(H,29,30);1H. The lowest BCUT2D eigenvalue weighted by atomic mass is 10.1. The van der Waals surface area contributed by atoms with Crippen molar-refractivity contribution in [1.29, 1.82) is 0 Å². The van der Waals surface area contributed by atoms with E-state index in [0.717, 1.165) is 27.8 Å². The lowest BCUT2D eigenvalue weighted by Gasteiger charge is -2.26. The summed E-state index contributed by atoms with van der Waals surface area (Å²) in [6, 6.07) is 18.1. The number of carbonyl (C=O) groups excluding carboxylic acids is 3. The minimum Gasteiger partial charge on any atom is -0.351 e. The number of benzene rings is 3. The number of halogens is 3. The predicted molar refractivity (Wildman–Crippen MR) is 137 cm³/mol. The minimum atomic E-state index is -0.935. The van der Waals surface area contributed by atoms with Crippen LogP contribution in [0, 0.1) is 5.82 Å². The van der Waals surface area contributed by atoms with E-state index in [1.54, 1.807) is 42.9 Å². The molecule has 0 saturated heterocycles. The van der Waals surface area contributed by atoms with Crippen molar-refractivity contribution in [2.45, 2.75) is 6.54 Å². The first-order valence-corrected chi connectivity index (χ1v) is 11.1. The van der Waals surface area contributed by atoms with Crippen molar-refractivity contribution >= 4 is 53.0 Å². The van der Waals surface area contributed by atoms with Crippen molar-refractivity contribution in [3.63, 3.8) is 0 Å². The van der Waals surface area contributed by atoms with Gasteiger partial charge in [-0.1, -0.05) is 41.9 Å². The SMILES string of the molecule is Cl.O=C1C(=O)N(CC(=O)N(Cc2cccc(Cl)c2)c2ccc(-c3c[nH]cn3)cc2)c2c(F)cccc21. The van der Waals surface area contributed by atoms with Crippen LogP contribution in [-0.2, 0) is 16.1 Å². The number of aromatic amines is 1. The molecule has 4 aromatic rings. The fourth-order valence-corrected chi connectivity index (χ4v) is 4.27. The summed E-state index contributed by atoms with van der Waals surface area (Å²) in [7, 11) is 0. The van der Waals surface area contributed by atoms with Crippen LogP contribution in [0.1, 0.15) is 15.9 Å². The van der Waals surface area contributed by atoms with Crippen molar-refractivity contribution in [3.8, 4) is 11.3 Å².